The van der Waals surface area contributed by atoms with E-state index in [1.807, 2.05) is 6.07 Å². The first-order valence-corrected chi connectivity index (χ1v) is 5.56. The molecule has 0 bridgehead atoms. The van der Waals surface area contributed by atoms with Crippen molar-refractivity contribution in [3.63, 3.8) is 0 Å². The van der Waals surface area contributed by atoms with Gasteiger partial charge in [-0.2, -0.15) is 0 Å². The van der Waals surface area contributed by atoms with Gasteiger partial charge in [-0.25, -0.2) is 0 Å². The van der Waals surface area contributed by atoms with E-state index in [9.17, 15) is 0 Å². The summed E-state index contributed by atoms with van der Waals surface area (Å²) in [5.74, 6) is 0. The Hall–Kier alpha value is -0.643. The minimum atomic E-state index is -0.0989. The van der Waals surface area contributed by atoms with Crippen molar-refractivity contribution in [3.8, 4) is 0 Å². The molecule has 0 aliphatic rings. The first-order valence-electron chi connectivity index (χ1n) is 5.06. The Morgan fingerprint density at radius 3 is 1.87 bits per heavy atom. The lowest BCUT2D eigenvalue weighted by atomic mass is 9.99. The van der Waals surface area contributed by atoms with E-state index in [4.69, 9.17) is 0 Å². The zero-order valence-electron chi connectivity index (χ0n) is 10.2. The lowest BCUT2D eigenvalue weighted by molar-refractivity contribution is 0.0183. The van der Waals surface area contributed by atoms with Crippen LogP contribution in [0, 0.1) is 0 Å². The summed E-state index contributed by atoms with van der Waals surface area (Å²) in [4.78, 5) is 4.43. The number of hydrogen-bond donors (Lipinski definition) is 0. The molecule has 1 aromatic carbocycles. The van der Waals surface area contributed by atoms with E-state index in [0.29, 0.717) is 0 Å². The van der Waals surface area contributed by atoms with E-state index in [1.54, 1.807) is 0 Å². The van der Waals surface area contributed by atoms with Crippen LogP contribution in [0.3, 0.4) is 0 Å². The summed E-state index contributed by atoms with van der Waals surface area (Å²) < 4.78 is 0. The summed E-state index contributed by atoms with van der Waals surface area (Å²) in [6, 6.07) is 8.35. The average Bonchev–Trinajstić information content (AvgIpc) is 2.16. The van der Waals surface area contributed by atoms with Crippen molar-refractivity contribution in [1.82, 2.24) is 9.80 Å². The minimum Gasteiger partial charge on any atom is -0.288 e. The van der Waals surface area contributed by atoms with Crippen LogP contribution >= 0.6 is 0 Å². The van der Waals surface area contributed by atoms with Gasteiger partial charge in [0.1, 0.15) is 0 Å². The molecular weight excluding hydrogens is 200 g/mol. The van der Waals surface area contributed by atoms with Crippen LogP contribution in [0.4, 0.5) is 0 Å². The first-order chi connectivity index (χ1) is 6.90. The maximum Gasteiger partial charge on any atom is 0.0960 e. The first kappa shape index (κ1) is 12.4. The molecule has 1 aromatic rings. The Bertz CT molecular complexity index is 326. The van der Waals surface area contributed by atoms with Crippen molar-refractivity contribution in [2.24, 2.45) is 0 Å². The molecule has 0 spiro atoms. The molecule has 0 unspecified atom stereocenters. The maximum atomic E-state index is 3.67. The van der Waals surface area contributed by atoms with Crippen LogP contribution in [0.2, 0.25) is 0 Å². The highest BCUT2D eigenvalue weighted by Crippen LogP contribution is 2.26. The summed E-state index contributed by atoms with van der Waals surface area (Å²) in [5, 5.41) is 1.14. The third-order valence-electron chi connectivity index (χ3n) is 3.18. The van der Waals surface area contributed by atoms with Gasteiger partial charge in [0, 0.05) is 0 Å². The Kier molecular flexibility index (Phi) is 3.70. The molecule has 1 rings (SSSR count). The van der Waals surface area contributed by atoms with Gasteiger partial charge in [0.05, 0.1) is 15.9 Å². The van der Waals surface area contributed by atoms with E-state index in [0.717, 1.165) is 5.19 Å². The van der Waals surface area contributed by atoms with Crippen LogP contribution in [0.5, 0.6) is 0 Å². The van der Waals surface area contributed by atoms with E-state index in [2.05, 4.69) is 73.4 Å². The van der Waals surface area contributed by atoms with Crippen molar-refractivity contribution in [2.45, 2.75) is 12.6 Å². The summed E-state index contributed by atoms with van der Waals surface area (Å²) in [6.07, 6.45) is 0. The predicted octanol–water partition coefficient (Wildman–Crippen LogP) is 0.776. The molecule has 0 saturated heterocycles. The van der Waals surface area contributed by atoms with Crippen molar-refractivity contribution in [2.75, 3.05) is 28.2 Å². The van der Waals surface area contributed by atoms with E-state index >= 15 is 0 Å². The van der Waals surface area contributed by atoms with E-state index < -0.39 is 0 Å². The summed E-state index contributed by atoms with van der Waals surface area (Å²) in [5.41, 5.74) is 1.18. The van der Waals surface area contributed by atoms with Crippen molar-refractivity contribution in [3.05, 3.63) is 29.8 Å². The Balaban J connectivity index is 3.28. The standard InChI is InChI=1S/C12H19N2Si/c1-12(13(2)3,14(4)5)10-8-6-7-9-11(10)15/h6-9H,1-5H3. The van der Waals surface area contributed by atoms with Gasteiger partial charge >= 0.3 is 0 Å². The Morgan fingerprint density at radius 1 is 1.00 bits per heavy atom. The minimum absolute atomic E-state index is 0.0989. The summed E-state index contributed by atoms with van der Waals surface area (Å²) >= 11 is 0. The zero-order valence-corrected chi connectivity index (χ0v) is 11.2. The molecule has 0 aliphatic carbocycles. The molecule has 81 valence electrons. The summed E-state index contributed by atoms with van der Waals surface area (Å²) in [7, 11) is 12.1. The van der Waals surface area contributed by atoms with Crippen LogP contribution < -0.4 is 5.19 Å². The molecule has 0 N–H and O–H groups in total. The van der Waals surface area contributed by atoms with Crippen molar-refractivity contribution < 1.29 is 0 Å². The highest BCUT2D eigenvalue weighted by atomic mass is 28.1. The number of nitrogens with zero attached hydrogens (tertiary/aromatic N) is 2. The van der Waals surface area contributed by atoms with Gasteiger partial charge in [0.2, 0.25) is 0 Å². The second-order valence-corrected chi connectivity index (χ2v) is 4.89. The quantitative estimate of drug-likeness (QED) is 0.547. The molecule has 3 heteroatoms. The van der Waals surface area contributed by atoms with Crippen LogP contribution in [-0.2, 0) is 5.66 Å². The molecule has 0 fully saturated rings. The van der Waals surface area contributed by atoms with Crippen LogP contribution in [0.15, 0.2) is 24.3 Å². The number of rotatable bonds is 3. The molecule has 3 radical (unpaired) electrons. The topological polar surface area (TPSA) is 6.48 Å². The van der Waals surface area contributed by atoms with Gasteiger partial charge in [-0.15, -0.1) is 0 Å². The van der Waals surface area contributed by atoms with Gasteiger partial charge in [0.25, 0.3) is 0 Å². The lowest BCUT2D eigenvalue weighted by Gasteiger charge is -2.43. The van der Waals surface area contributed by atoms with Crippen molar-refractivity contribution in [1.29, 1.82) is 0 Å². The number of benzene rings is 1. The van der Waals surface area contributed by atoms with Gasteiger partial charge in [-0.3, -0.25) is 9.80 Å². The average molecular weight is 219 g/mol. The highest BCUT2D eigenvalue weighted by molar-refractivity contribution is 6.33. The smallest absolute Gasteiger partial charge is 0.0960 e. The molecular formula is C12H19N2Si. The fraction of sp³-hybridized carbons (Fsp3) is 0.500. The van der Waals surface area contributed by atoms with Gasteiger partial charge in [-0.1, -0.05) is 29.5 Å². The highest BCUT2D eigenvalue weighted by Gasteiger charge is 2.32. The molecule has 0 aromatic heterocycles. The third kappa shape index (κ3) is 2.14. The monoisotopic (exact) mass is 219 g/mol. The second-order valence-electron chi connectivity index (χ2n) is 4.36. The van der Waals surface area contributed by atoms with Crippen LogP contribution in [-0.4, -0.2) is 48.2 Å². The molecule has 0 amide bonds. The van der Waals surface area contributed by atoms with Crippen LogP contribution in [0.1, 0.15) is 12.5 Å². The summed E-state index contributed by atoms with van der Waals surface area (Å²) in [6.45, 7) is 2.21. The second kappa shape index (κ2) is 4.47. The molecule has 0 heterocycles. The molecule has 0 atom stereocenters. The predicted molar refractivity (Wildman–Crippen MR) is 66.6 cm³/mol. The fourth-order valence-electron chi connectivity index (χ4n) is 1.78. The fourth-order valence-corrected chi connectivity index (χ4v) is 2.19. The normalized spacial score (nSPS) is 12.5. The Morgan fingerprint density at radius 2 is 1.47 bits per heavy atom. The van der Waals surface area contributed by atoms with Crippen molar-refractivity contribution >= 4 is 15.4 Å². The molecule has 15 heavy (non-hydrogen) atoms. The van der Waals surface area contributed by atoms with E-state index in [1.165, 1.54) is 5.56 Å². The molecule has 0 saturated carbocycles. The van der Waals surface area contributed by atoms with E-state index in [-0.39, 0.29) is 5.66 Å². The third-order valence-corrected chi connectivity index (χ3v) is 3.61. The SMILES string of the molecule is CN(C)C(C)(c1ccccc1[Si])N(C)C. The number of hydrogen-bond acceptors (Lipinski definition) is 2. The van der Waals surface area contributed by atoms with Gasteiger partial charge in [0.15, 0.2) is 0 Å². The molecule has 0 aliphatic heterocycles. The Labute approximate surface area is 96.3 Å². The lowest BCUT2D eigenvalue weighted by Crippen LogP contribution is -2.52. The van der Waals surface area contributed by atoms with Gasteiger partial charge in [-0.05, 0) is 40.7 Å². The maximum absolute atomic E-state index is 3.67. The molecule has 2 nitrogen and oxygen atoms in total. The van der Waals surface area contributed by atoms with Gasteiger partial charge < -0.3 is 0 Å². The zero-order chi connectivity index (χ0) is 11.6. The largest absolute Gasteiger partial charge is 0.288 e. The van der Waals surface area contributed by atoms with Crippen LogP contribution in [0.25, 0.3) is 0 Å².